The monoisotopic (exact) mass is 589 g/mol. The molecule has 6 rings (SSSR count). The zero-order chi connectivity index (χ0) is 29.6. The van der Waals surface area contributed by atoms with E-state index in [-0.39, 0.29) is 52.1 Å². The fourth-order valence-electron chi connectivity index (χ4n) is 5.80. The number of carbonyl (C=O) groups excluding carboxylic acids is 3. The number of methoxy groups -OCH3 is 2. The second-order valence-corrected chi connectivity index (χ2v) is 10.7. The number of fused-ring (bicyclic) bond motifs is 2. The Balaban J connectivity index is 1.41. The van der Waals surface area contributed by atoms with Gasteiger partial charge in [-0.05, 0) is 0 Å². The molecule has 1 spiro atoms. The number of ketones is 2. The molecular weight excluding hydrogens is 562 g/mol. The van der Waals surface area contributed by atoms with E-state index in [0.717, 1.165) is 5.69 Å². The molecule has 1 amide bonds. The summed E-state index contributed by atoms with van der Waals surface area (Å²) in [5.41, 5.74) is 0.333. The largest absolute Gasteiger partial charge is 0.496 e. The topological polar surface area (TPSA) is 133 Å². The van der Waals surface area contributed by atoms with Crippen LogP contribution in [0.25, 0.3) is 11.3 Å². The number of hydrogen-bond acceptors (Lipinski definition) is 8. The molecule has 216 valence electrons. The van der Waals surface area contributed by atoms with Gasteiger partial charge < -0.3 is 28.9 Å². The highest BCUT2D eigenvalue weighted by molar-refractivity contribution is 6.36. The predicted octanol–water partition coefficient (Wildman–Crippen LogP) is 4.63. The SMILES string of the molecule is COc1cc(OC)c2c(c1Cl)O[C@@]1(C(=O)c3c(oc(-c4ccccc4)c3CC(=O)NCCc3cnc[nH]3)C[C@H]1C)C2=O. The zero-order valence-corrected chi connectivity index (χ0v) is 24.0. The van der Waals surface area contributed by atoms with Crippen LogP contribution in [0.1, 0.15) is 44.7 Å². The van der Waals surface area contributed by atoms with Gasteiger partial charge in [-0.25, -0.2) is 4.98 Å². The third kappa shape index (κ3) is 4.25. The number of rotatable bonds is 8. The van der Waals surface area contributed by atoms with Crippen LogP contribution >= 0.6 is 11.6 Å². The van der Waals surface area contributed by atoms with Gasteiger partial charge in [0, 0.05) is 54.4 Å². The Morgan fingerprint density at radius 3 is 2.57 bits per heavy atom. The Kier molecular flexibility index (Phi) is 7.02. The van der Waals surface area contributed by atoms with E-state index in [4.69, 9.17) is 30.2 Å². The fraction of sp³-hybridized carbons (Fsp3) is 0.290. The lowest BCUT2D eigenvalue weighted by Crippen LogP contribution is -2.56. The van der Waals surface area contributed by atoms with E-state index in [2.05, 4.69) is 15.3 Å². The molecule has 11 heteroatoms. The summed E-state index contributed by atoms with van der Waals surface area (Å²) in [6, 6.07) is 10.7. The summed E-state index contributed by atoms with van der Waals surface area (Å²) in [6.45, 7) is 2.13. The van der Waals surface area contributed by atoms with Crippen molar-refractivity contribution >= 4 is 29.1 Å². The summed E-state index contributed by atoms with van der Waals surface area (Å²) in [7, 11) is 2.85. The number of amides is 1. The average Bonchev–Trinajstić information content (AvgIpc) is 3.71. The maximum atomic E-state index is 14.5. The van der Waals surface area contributed by atoms with Gasteiger partial charge in [-0.15, -0.1) is 0 Å². The van der Waals surface area contributed by atoms with Crippen LogP contribution in [0.5, 0.6) is 17.2 Å². The van der Waals surface area contributed by atoms with Crippen LogP contribution in [0, 0.1) is 5.92 Å². The summed E-state index contributed by atoms with van der Waals surface area (Å²) in [6.07, 6.45) is 3.92. The fourth-order valence-corrected chi connectivity index (χ4v) is 6.07. The first-order valence-corrected chi connectivity index (χ1v) is 13.8. The molecule has 0 radical (unpaired) electrons. The van der Waals surface area contributed by atoms with Crippen molar-refractivity contribution in [2.24, 2.45) is 5.92 Å². The molecule has 0 fully saturated rings. The van der Waals surface area contributed by atoms with Crippen LogP contribution < -0.4 is 19.5 Å². The number of furan rings is 1. The van der Waals surface area contributed by atoms with Gasteiger partial charge in [-0.1, -0.05) is 48.9 Å². The highest BCUT2D eigenvalue weighted by atomic mass is 35.5. The Bertz CT molecular complexity index is 1700. The molecule has 0 saturated carbocycles. The molecule has 1 aliphatic heterocycles. The highest BCUT2D eigenvalue weighted by Gasteiger charge is 2.63. The van der Waals surface area contributed by atoms with Gasteiger partial charge in [0.2, 0.25) is 23.1 Å². The minimum absolute atomic E-state index is 0.0337. The minimum Gasteiger partial charge on any atom is -0.496 e. The Morgan fingerprint density at radius 1 is 1.14 bits per heavy atom. The maximum absolute atomic E-state index is 14.5. The van der Waals surface area contributed by atoms with Crippen LogP contribution in [0.2, 0.25) is 5.02 Å². The van der Waals surface area contributed by atoms with Gasteiger partial charge in [0.25, 0.3) is 0 Å². The van der Waals surface area contributed by atoms with Crippen molar-refractivity contribution in [1.82, 2.24) is 15.3 Å². The van der Waals surface area contributed by atoms with Gasteiger partial charge in [0.15, 0.2) is 5.75 Å². The number of hydrogen-bond donors (Lipinski definition) is 2. The van der Waals surface area contributed by atoms with E-state index >= 15 is 0 Å². The Hall–Kier alpha value is -4.57. The van der Waals surface area contributed by atoms with Crippen LogP contribution in [0.3, 0.4) is 0 Å². The third-order valence-corrected chi connectivity index (χ3v) is 8.25. The summed E-state index contributed by atoms with van der Waals surface area (Å²) in [4.78, 5) is 48.9. The molecule has 2 N–H and O–H groups in total. The second-order valence-electron chi connectivity index (χ2n) is 10.3. The summed E-state index contributed by atoms with van der Waals surface area (Å²) in [5.74, 6) is -0.778. The van der Waals surface area contributed by atoms with Crippen molar-refractivity contribution in [3.05, 3.63) is 82.1 Å². The van der Waals surface area contributed by atoms with E-state index in [0.29, 0.717) is 35.6 Å². The smallest absolute Gasteiger partial charge is 0.237 e. The molecule has 2 aliphatic rings. The molecule has 1 aliphatic carbocycles. The number of ether oxygens (including phenoxy) is 3. The van der Waals surface area contributed by atoms with Crippen molar-refractivity contribution in [2.45, 2.75) is 31.8 Å². The van der Waals surface area contributed by atoms with Crippen molar-refractivity contribution < 1.29 is 33.0 Å². The lowest BCUT2D eigenvalue weighted by molar-refractivity contribution is -0.120. The minimum atomic E-state index is -1.91. The highest BCUT2D eigenvalue weighted by Crippen LogP contribution is 2.54. The van der Waals surface area contributed by atoms with Gasteiger partial charge in [-0.2, -0.15) is 0 Å². The van der Waals surface area contributed by atoms with Crippen LogP contribution in [0.15, 0.2) is 53.3 Å². The lowest BCUT2D eigenvalue weighted by atomic mass is 9.70. The van der Waals surface area contributed by atoms with Gasteiger partial charge in [0.1, 0.15) is 33.6 Å². The number of benzene rings is 2. The molecule has 10 nitrogen and oxygen atoms in total. The second kappa shape index (κ2) is 10.7. The predicted molar refractivity (Wildman–Crippen MR) is 153 cm³/mol. The van der Waals surface area contributed by atoms with E-state index in [1.54, 1.807) is 19.4 Å². The number of nitrogens with zero attached hydrogens (tertiary/aromatic N) is 1. The molecule has 0 saturated heterocycles. The number of carbonyl (C=O) groups is 3. The molecule has 2 aromatic carbocycles. The summed E-state index contributed by atoms with van der Waals surface area (Å²) >= 11 is 6.57. The van der Waals surface area contributed by atoms with Gasteiger partial charge in [-0.3, -0.25) is 14.4 Å². The van der Waals surface area contributed by atoms with Crippen molar-refractivity contribution in [3.63, 3.8) is 0 Å². The van der Waals surface area contributed by atoms with E-state index in [1.807, 2.05) is 30.3 Å². The number of aromatic nitrogens is 2. The molecule has 2 atom stereocenters. The number of aromatic amines is 1. The van der Waals surface area contributed by atoms with Gasteiger partial charge >= 0.3 is 0 Å². The summed E-state index contributed by atoms with van der Waals surface area (Å²) in [5, 5.41) is 2.97. The van der Waals surface area contributed by atoms with Crippen molar-refractivity contribution in [2.75, 3.05) is 20.8 Å². The standard InChI is InChI=1S/C31H28ClN3O7/c1-16-11-21-24(29(37)31(16)30(38)25-20(39-2)13-22(40-3)26(32)28(25)42-31)19(27(41-21)17-7-5-4-6-8-17)12-23(36)34-10-9-18-14-33-15-35-18/h4-8,13-16H,9-12H2,1-3H3,(H,33,35)(H,34,36)/t16-,31+/m1/s1. The molecule has 0 bridgehead atoms. The van der Waals surface area contributed by atoms with Crippen molar-refractivity contribution in [3.8, 4) is 28.6 Å². The Labute approximate surface area is 246 Å². The van der Waals surface area contributed by atoms with Gasteiger partial charge in [0.05, 0.1) is 32.5 Å². The van der Waals surface area contributed by atoms with Crippen LogP contribution in [0.4, 0.5) is 0 Å². The first-order chi connectivity index (χ1) is 20.3. The quantitative estimate of drug-likeness (QED) is 0.284. The molecule has 4 aromatic rings. The van der Waals surface area contributed by atoms with E-state index in [9.17, 15) is 14.4 Å². The molecule has 42 heavy (non-hydrogen) atoms. The average molecular weight is 590 g/mol. The molecule has 0 unspecified atom stereocenters. The molecular formula is C31H28ClN3O7. The van der Waals surface area contributed by atoms with Crippen molar-refractivity contribution in [1.29, 1.82) is 0 Å². The lowest BCUT2D eigenvalue weighted by Gasteiger charge is -2.35. The molecule has 3 heterocycles. The third-order valence-electron chi connectivity index (χ3n) is 7.89. The van der Waals surface area contributed by atoms with Crippen LogP contribution in [-0.4, -0.2) is 53.8 Å². The number of imidazole rings is 1. The maximum Gasteiger partial charge on any atom is 0.237 e. The number of nitrogens with one attached hydrogen (secondary N) is 2. The van der Waals surface area contributed by atoms with Crippen LogP contribution in [-0.2, 0) is 24.1 Å². The Morgan fingerprint density at radius 2 is 1.88 bits per heavy atom. The summed E-state index contributed by atoms with van der Waals surface area (Å²) < 4.78 is 23.4. The number of Topliss-reactive ketones (excluding diaryl/α,β-unsaturated/α-hetero) is 2. The number of halogens is 1. The number of H-pyrrole nitrogens is 1. The first-order valence-electron chi connectivity index (χ1n) is 13.5. The molecule has 2 aromatic heterocycles. The normalized spacial score (nSPS) is 18.9. The zero-order valence-electron chi connectivity index (χ0n) is 23.2. The first kappa shape index (κ1) is 27.6. The van der Waals surface area contributed by atoms with E-state index in [1.165, 1.54) is 20.3 Å². The van der Waals surface area contributed by atoms with E-state index < -0.39 is 23.1 Å².